The first-order valence-corrected chi connectivity index (χ1v) is 7.65. The van der Waals surface area contributed by atoms with Crippen molar-refractivity contribution in [3.05, 3.63) is 22.4 Å². The summed E-state index contributed by atoms with van der Waals surface area (Å²) >= 11 is 1.87. The standard InChI is InChI=1S/C14H23NOS/c16-10-4-2-1-3-9-15(13-7-8-13)12-14-6-5-11-17-14/h5-6,11,13,16H,1-4,7-10,12H2. The summed E-state index contributed by atoms with van der Waals surface area (Å²) in [5.74, 6) is 0. The van der Waals surface area contributed by atoms with Crippen molar-refractivity contribution < 1.29 is 5.11 Å². The summed E-state index contributed by atoms with van der Waals surface area (Å²) in [6, 6.07) is 5.24. The molecule has 0 aromatic carbocycles. The van der Waals surface area contributed by atoms with E-state index in [0.717, 1.165) is 19.0 Å². The molecule has 0 unspecified atom stereocenters. The van der Waals surface area contributed by atoms with Gasteiger partial charge in [-0.3, -0.25) is 4.90 Å². The van der Waals surface area contributed by atoms with Gasteiger partial charge in [0.2, 0.25) is 0 Å². The van der Waals surface area contributed by atoms with Crippen LogP contribution in [0.4, 0.5) is 0 Å². The zero-order chi connectivity index (χ0) is 11.9. The van der Waals surface area contributed by atoms with Crippen LogP contribution in [0.5, 0.6) is 0 Å². The van der Waals surface area contributed by atoms with E-state index < -0.39 is 0 Å². The van der Waals surface area contributed by atoms with Crippen LogP contribution < -0.4 is 0 Å². The number of unbranched alkanes of at least 4 members (excludes halogenated alkanes) is 3. The molecular formula is C14H23NOS. The highest BCUT2D eigenvalue weighted by Crippen LogP contribution is 2.29. The molecule has 0 radical (unpaired) electrons. The second-order valence-corrected chi connectivity index (χ2v) is 5.95. The molecule has 1 aromatic rings. The molecule has 0 saturated heterocycles. The second-order valence-electron chi connectivity index (χ2n) is 4.92. The lowest BCUT2D eigenvalue weighted by Crippen LogP contribution is -2.26. The van der Waals surface area contributed by atoms with Crippen LogP contribution in [0.2, 0.25) is 0 Å². The molecule has 1 fully saturated rings. The third-order valence-electron chi connectivity index (χ3n) is 3.36. The average molecular weight is 253 g/mol. The Hall–Kier alpha value is -0.380. The predicted octanol–water partition coefficient (Wildman–Crippen LogP) is 3.27. The Morgan fingerprint density at radius 2 is 2.06 bits per heavy atom. The molecule has 1 aliphatic carbocycles. The molecule has 3 heteroatoms. The number of aliphatic hydroxyl groups is 1. The van der Waals surface area contributed by atoms with Gasteiger partial charge >= 0.3 is 0 Å². The molecule has 96 valence electrons. The largest absolute Gasteiger partial charge is 0.396 e. The van der Waals surface area contributed by atoms with Gasteiger partial charge in [0.15, 0.2) is 0 Å². The van der Waals surface area contributed by atoms with Gasteiger partial charge in [-0.1, -0.05) is 18.9 Å². The quantitative estimate of drug-likeness (QED) is 0.683. The van der Waals surface area contributed by atoms with Crippen molar-refractivity contribution in [1.82, 2.24) is 4.90 Å². The van der Waals surface area contributed by atoms with Crippen LogP contribution in [-0.2, 0) is 6.54 Å². The molecule has 1 aliphatic rings. The molecule has 0 amide bonds. The van der Waals surface area contributed by atoms with Crippen LogP contribution in [0.1, 0.15) is 43.4 Å². The van der Waals surface area contributed by atoms with Crippen molar-refractivity contribution in [2.45, 2.75) is 51.1 Å². The molecule has 0 atom stereocenters. The molecule has 0 spiro atoms. The Kier molecular flexibility index (Phi) is 5.49. The maximum absolute atomic E-state index is 8.74. The highest BCUT2D eigenvalue weighted by Gasteiger charge is 2.28. The topological polar surface area (TPSA) is 23.5 Å². The minimum Gasteiger partial charge on any atom is -0.396 e. The molecule has 1 saturated carbocycles. The molecule has 0 bridgehead atoms. The average Bonchev–Trinajstić information content (AvgIpc) is 3.06. The van der Waals surface area contributed by atoms with Crippen LogP contribution in [0, 0.1) is 0 Å². The van der Waals surface area contributed by atoms with Gasteiger partial charge in [0, 0.05) is 24.1 Å². The lowest BCUT2D eigenvalue weighted by atomic mass is 10.2. The number of hydrogen-bond donors (Lipinski definition) is 1. The van der Waals surface area contributed by atoms with Crippen LogP contribution >= 0.6 is 11.3 Å². The van der Waals surface area contributed by atoms with Crippen molar-refractivity contribution in [3.8, 4) is 0 Å². The van der Waals surface area contributed by atoms with Gasteiger partial charge in [-0.05, 0) is 43.7 Å². The number of hydrogen-bond acceptors (Lipinski definition) is 3. The maximum Gasteiger partial charge on any atom is 0.0431 e. The number of nitrogens with zero attached hydrogens (tertiary/aromatic N) is 1. The van der Waals surface area contributed by atoms with Crippen molar-refractivity contribution in [3.63, 3.8) is 0 Å². The van der Waals surface area contributed by atoms with E-state index in [9.17, 15) is 0 Å². The summed E-state index contributed by atoms with van der Waals surface area (Å²) in [4.78, 5) is 4.14. The van der Waals surface area contributed by atoms with Crippen molar-refractivity contribution in [2.75, 3.05) is 13.2 Å². The molecule has 0 aliphatic heterocycles. The summed E-state index contributed by atoms with van der Waals surface area (Å²) < 4.78 is 0. The van der Waals surface area contributed by atoms with Crippen molar-refractivity contribution >= 4 is 11.3 Å². The summed E-state index contributed by atoms with van der Waals surface area (Å²) in [5.41, 5.74) is 0. The van der Waals surface area contributed by atoms with Crippen LogP contribution in [-0.4, -0.2) is 29.2 Å². The third kappa shape index (κ3) is 4.78. The normalized spacial score (nSPS) is 15.6. The Morgan fingerprint density at radius 1 is 1.24 bits per heavy atom. The summed E-state index contributed by atoms with van der Waals surface area (Å²) in [7, 11) is 0. The smallest absolute Gasteiger partial charge is 0.0431 e. The van der Waals surface area contributed by atoms with E-state index in [2.05, 4.69) is 22.4 Å². The monoisotopic (exact) mass is 253 g/mol. The van der Waals surface area contributed by atoms with Gasteiger partial charge in [0.1, 0.15) is 0 Å². The van der Waals surface area contributed by atoms with E-state index in [1.54, 1.807) is 0 Å². The first kappa shape index (κ1) is 13.1. The highest BCUT2D eigenvalue weighted by molar-refractivity contribution is 7.09. The number of thiophene rings is 1. The maximum atomic E-state index is 8.74. The van der Waals surface area contributed by atoms with Gasteiger partial charge in [0.05, 0.1) is 0 Å². The zero-order valence-electron chi connectivity index (χ0n) is 10.5. The first-order valence-electron chi connectivity index (χ1n) is 6.77. The summed E-state index contributed by atoms with van der Waals surface area (Å²) in [5, 5.41) is 10.9. The van der Waals surface area contributed by atoms with Crippen molar-refractivity contribution in [2.24, 2.45) is 0 Å². The van der Waals surface area contributed by atoms with Gasteiger partial charge in [-0.25, -0.2) is 0 Å². The summed E-state index contributed by atoms with van der Waals surface area (Å²) in [6.07, 6.45) is 7.46. The van der Waals surface area contributed by atoms with E-state index in [-0.39, 0.29) is 0 Å². The van der Waals surface area contributed by atoms with E-state index in [4.69, 9.17) is 5.11 Å². The van der Waals surface area contributed by atoms with Gasteiger partial charge in [-0.2, -0.15) is 0 Å². The van der Waals surface area contributed by atoms with Crippen molar-refractivity contribution in [1.29, 1.82) is 0 Å². The SMILES string of the molecule is OCCCCCCN(Cc1cccs1)C1CC1. The van der Waals surface area contributed by atoms with Crippen LogP contribution in [0.3, 0.4) is 0 Å². The minimum absolute atomic E-state index is 0.349. The van der Waals surface area contributed by atoms with Crippen LogP contribution in [0.15, 0.2) is 17.5 Å². The Bertz CT molecular complexity index is 295. The molecule has 1 heterocycles. The lowest BCUT2D eigenvalue weighted by molar-refractivity contribution is 0.246. The fourth-order valence-corrected chi connectivity index (χ4v) is 2.94. The fourth-order valence-electron chi connectivity index (χ4n) is 2.21. The molecule has 2 rings (SSSR count). The number of rotatable bonds is 9. The lowest BCUT2D eigenvalue weighted by Gasteiger charge is -2.21. The van der Waals surface area contributed by atoms with E-state index in [1.807, 2.05) is 11.3 Å². The number of aliphatic hydroxyl groups excluding tert-OH is 1. The molecular weight excluding hydrogens is 230 g/mol. The van der Waals surface area contributed by atoms with E-state index in [0.29, 0.717) is 6.61 Å². The first-order chi connectivity index (χ1) is 8.40. The Morgan fingerprint density at radius 3 is 2.71 bits per heavy atom. The molecule has 1 N–H and O–H groups in total. The Labute approximate surface area is 108 Å². The molecule has 1 aromatic heterocycles. The Balaban J connectivity index is 1.66. The zero-order valence-corrected chi connectivity index (χ0v) is 11.3. The minimum atomic E-state index is 0.349. The van der Waals surface area contributed by atoms with E-state index in [1.165, 1.54) is 43.5 Å². The second kappa shape index (κ2) is 7.14. The summed E-state index contributed by atoms with van der Waals surface area (Å²) in [6.45, 7) is 2.72. The van der Waals surface area contributed by atoms with Crippen LogP contribution in [0.25, 0.3) is 0 Å². The molecule has 17 heavy (non-hydrogen) atoms. The van der Waals surface area contributed by atoms with Gasteiger partial charge in [-0.15, -0.1) is 11.3 Å². The fraction of sp³-hybridized carbons (Fsp3) is 0.714. The predicted molar refractivity (Wildman–Crippen MR) is 73.3 cm³/mol. The van der Waals surface area contributed by atoms with Gasteiger partial charge < -0.3 is 5.11 Å². The van der Waals surface area contributed by atoms with E-state index >= 15 is 0 Å². The van der Waals surface area contributed by atoms with Gasteiger partial charge in [0.25, 0.3) is 0 Å². The molecule has 2 nitrogen and oxygen atoms in total. The highest BCUT2D eigenvalue weighted by atomic mass is 32.1. The third-order valence-corrected chi connectivity index (χ3v) is 4.22.